The lowest BCUT2D eigenvalue weighted by molar-refractivity contribution is 0.596. The van der Waals surface area contributed by atoms with Crippen LogP contribution >= 0.6 is 0 Å². The zero-order valence-electron chi connectivity index (χ0n) is 13.3. The molecule has 2 aromatic carbocycles. The second-order valence-corrected chi connectivity index (χ2v) is 7.74. The van der Waals surface area contributed by atoms with Gasteiger partial charge in [-0.05, 0) is 62.7 Å². The molecule has 3 aromatic rings. The summed E-state index contributed by atoms with van der Waals surface area (Å²) in [5, 5.41) is 0.932. The minimum atomic E-state index is -3.51. The van der Waals surface area contributed by atoms with E-state index in [2.05, 4.69) is 4.98 Å². The van der Waals surface area contributed by atoms with Gasteiger partial charge in [0.2, 0.25) is 9.84 Å². The summed E-state index contributed by atoms with van der Waals surface area (Å²) in [6.07, 6.45) is 0.722. The Hall–Kier alpha value is -2.11. The van der Waals surface area contributed by atoms with Gasteiger partial charge >= 0.3 is 0 Å². The number of aromatic amines is 1. The summed E-state index contributed by atoms with van der Waals surface area (Å²) in [7, 11) is -3.51. The highest BCUT2D eigenvalue weighted by Crippen LogP contribution is 2.28. The lowest BCUT2D eigenvalue weighted by atomic mass is 10.1. The summed E-state index contributed by atoms with van der Waals surface area (Å²) in [6.45, 7) is 4.45. The molecule has 1 aromatic heterocycles. The molecule has 3 rings (SSSR count). The Morgan fingerprint density at radius 1 is 1.00 bits per heavy atom. The first kappa shape index (κ1) is 15.8. The van der Waals surface area contributed by atoms with Gasteiger partial charge in [-0.2, -0.15) is 0 Å². The Bertz CT molecular complexity index is 955. The Morgan fingerprint density at radius 2 is 1.65 bits per heavy atom. The smallest absolute Gasteiger partial charge is 0.206 e. The van der Waals surface area contributed by atoms with E-state index < -0.39 is 9.84 Å². The molecule has 0 saturated carbocycles. The van der Waals surface area contributed by atoms with E-state index in [-0.39, 0.29) is 0 Å². The molecular formula is C18H20N2O2S. The van der Waals surface area contributed by atoms with Crippen LogP contribution in [0.3, 0.4) is 0 Å². The van der Waals surface area contributed by atoms with Crippen LogP contribution in [0.2, 0.25) is 0 Å². The molecule has 0 aliphatic heterocycles. The molecule has 23 heavy (non-hydrogen) atoms. The normalized spacial score (nSPS) is 12.0. The molecule has 5 heteroatoms. The van der Waals surface area contributed by atoms with Crippen molar-refractivity contribution in [1.29, 1.82) is 0 Å². The first-order valence-corrected chi connectivity index (χ1v) is 9.05. The minimum absolute atomic E-state index is 0.311. The molecule has 0 fully saturated rings. The lowest BCUT2D eigenvalue weighted by Crippen LogP contribution is -2.04. The Morgan fingerprint density at radius 3 is 2.30 bits per heavy atom. The molecule has 0 saturated heterocycles. The summed E-state index contributed by atoms with van der Waals surface area (Å²) >= 11 is 0. The van der Waals surface area contributed by atoms with Crippen LogP contribution in [0.5, 0.6) is 0 Å². The number of aromatic nitrogens is 1. The molecule has 0 bridgehead atoms. The second kappa shape index (κ2) is 5.83. The summed E-state index contributed by atoms with van der Waals surface area (Å²) in [4.78, 5) is 3.91. The highest BCUT2D eigenvalue weighted by Gasteiger charge is 2.19. The number of rotatable bonds is 4. The molecule has 120 valence electrons. The average molecular weight is 328 g/mol. The minimum Gasteiger partial charge on any atom is -0.358 e. The Kier molecular flexibility index (Phi) is 4.00. The van der Waals surface area contributed by atoms with Crippen molar-refractivity contribution < 1.29 is 8.42 Å². The van der Waals surface area contributed by atoms with Gasteiger partial charge in [-0.15, -0.1) is 0 Å². The van der Waals surface area contributed by atoms with Gasteiger partial charge in [0.05, 0.1) is 9.79 Å². The lowest BCUT2D eigenvalue weighted by Gasteiger charge is -2.06. The zero-order valence-corrected chi connectivity index (χ0v) is 14.1. The van der Waals surface area contributed by atoms with E-state index in [0.717, 1.165) is 34.1 Å². The number of nitrogens with two attached hydrogens (primary N) is 1. The monoisotopic (exact) mass is 328 g/mol. The topological polar surface area (TPSA) is 76.0 Å². The maximum Gasteiger partial charge on any atom is 0.206 e. The van der Waals surface area contributed by atoms with Crippen molar-refractivity contribution in [2.24, 2.45) is 5.73 Å². The summed E-state index contributed by atoms with van der Waals surface area (Å²) in [5.41, 5.74) is 9.77. The van der Waals surface area contributed by atoms with Gasteiger partial charge in [0.1, 0.15) is 0 Å². The molecule has 0 aliphatic carbocycles. The molecule has 1 heterocycles. The maximum atomic E-state index is 12.8. The van der Waals surface area contributed by atoms with Crippen molar-refractivity contribution in [1.82, 2.24) is 4.98 Å². The van der Waals surface area contributed by atoms with E-state index in [1.165, 1.54) is 0 Å². The van der Waals surface area contributed by atoms with Crippen LogP contribution in [0.4, 0.5) is 0 Å². The number of hydrogen-bond donors (Lipinski definition) is 2. The number of benzene rings is 2. The molecule has 0 spiro atoms. The quantitative estimate of drug-likeness (QED) is 0.772. The van der Waals surface area contributed by atoms with E-state index in [4.69, 9.17) is 5.73 Å². The van der Waals surface area contributed by atoms with Gasteiger partial charge in [-0.1, -0.05) is 17.7 Å². The molecule has 0 aliphatic rings. The van der Waals surface area contributed by atoms with Crippen LogP contribution in [0.15, 0.2) is 52.3 Å². The molecule has 4 nitrogen and oxygen atoms in total. The van der Waals surface area contributed by atoms with Crippen LogP contribution in [0.25, 0.3) is 10.9 Å². The van der Waals surface area contributed by atoms with Crippen molar-refractivity contribution in [3.63, 3.8) is 0 Å². The van der Waals surface area contributed by atoms with Crippen molar-refractivity contribution in [2.75, 3.05) is 6.54 Å². The largest absolute Gasteiger partial charge is 0.358 e. The highest BCUT2D eigenvalue weighted by molar-refractivity contribution is 7.91. The Labute approximate surface area is 136 Å². The zero-order chi connectivity index (χ0) is 16.6. The number of sulfone groups is 1. The number of hydrogen-bond acceptors (Lipinski definition) is 3. The fraction of sp³-hybridized carbons (Fsp3) is 0.222. The standard InChI is InChI=1S/C18H20N2O2S/c1-12-3-5-14(6-4-12)23(21,22)15-7-8-18-17(11-15)16(9-10-19)13(2)20-18/h3-8,11,20H,9-10,19H2,1-2H3. The molecule has 0 radical (unpaired) electrons. The molecule has 3 N–H and O–H groups in total. The van der Waals surface area contributed by atoms with E-state index in [1.54, 1.807) is 24.3 Å². The molecule has 0 atom stereocenters. The van der Waals surface area contributed by atoms with E-state index in [9.17, 15) is 8.42 Å². The third-order valence-electron chi connectivity index (χ3n) is 4.13. The number of aryl methyl sites for hydroxylation is 2. The fourth-order valence-corrected chi connectivity index (χ4v) is 4.14. The SMILES string of the molecule is Cc1ccc(S(=O)(=O)c2ccc3[nH]c(C)c(CCN)c3c2)cc1. The average Bonchev–Trinajstić information content (AvgIpc) is 2.83. The van der Waals surface area contributed by atoms with E-state index >= 15 is 0 Å². The Balaban J connectivity index is 2.16. The molecule has 0 unspecified atom stereocenters. The fourth-order valence-electron chi connectivity index (χ4n) is 2.85. The number of H-pyrrole nitrogens is 1. The summed E-state index contributed by atoms with van der Waals surface area (Å²) in [5.74, 6) is 0. The molecule has 0 amide bonds. The summed E-state index contributed by atoms with van der Waals surface area (Å²) < 4.78 is 25.7. The van der Waals surface area contributed by atoms with Gasteiger partial charge in [-0.3, -0.25) is 0 Å². The number of fused-ring (bicyclic) bond motifs is 1. The van der Waals surface area contributed by atoms with E-state index in [0.29, 0.717) is 16.3 Å². The van der Waals surface area contributed by atoms with Crippen molar-refractivity contribution in [3.8, 4) is 0 Å². The van der Waals surface area contributed by atoms with Crippen LogP contribution < -0.4 is 5.73 Å². The molecular weight excluding hydrogens is 308 g/mol. The van der Waals surface area contributed by atoms with Crippen molar-refractivity contribution in [2.45, 2.75) is 30.1 Å². The van der Waals surface area contributed by atoms with Crippen LogP contribution in [-0.2, 0) is 16.3 Å². The van der Waals surface area contributed by atoms with Crippen molar-refractivity contribution >= 4 is 20.7 Å². The van der Waals surface area contributed by atoms with Gasteiger partial charge in [0, 0.05) is 16.6 Å². The van der Waals surface area contributed by atoms with Crippen LogP contribution in [0.1, 0.15) is 16.8 Å². The first-order chi connectivity index (χ1) is 10.9. The second-order valence-electron chi connectivity index (χ2n) is 5.79. The van der Waals surface area contributed by atoms with Crippen LogP contribution in [0, 0.1) is 13.8 Å². The van der Waals surface area contributed by atoms with Gasteiger partial charge < -0.3 is 10.7 Å². The van der Waals surface area contributed by atoms with Crippen molar-refractivity contribution in [3.05, 3.63) is 59.3 Å². The highest BCUT2D eigenvalue weighted by atomic mass is 32.2. The maximum absolute atomic E-state index is 12.8. The first-order valence-electron chi connectivity index (χ1n) is 7.56. The van der Waals surface area contributed by atoms with Gasteiger partial charge in [0.15, 0.2) is 0 Å². The predicted molar refractivity (Wildman–Crippen MR) is 92.4 cm³/mol. The third kappa shape index (κ3) is 2.78. The third-order valence-corrected chi connectivity index (χ3v) is 5.89. The summed E-state index contributed by atoms with van der Waals surface area (Å²) in [6, 6.07) is 12.1. The van der Waals surface area contributed by atoms with Gasteiger partial charge in [-0.25, -0.2) is 8.42 Å². The predicted octanol–water partition coefficient (Wildman–Crippen LogP) is 3.12. The van der Waals surface area contributed by atoms with Gasteiger partial charge in [0.25, 0.3) is 0 Å². The number of nitrogens with one attached hydrogen (secondary N) is 1. The van der Waals surface area contributed by atoms with Crippen LogP contribution in [-0.4, -0.2) is 19.9 Å². The van der Waals surface area contributed by atoms with E-state index in [1.807, 2.05) is 32.0 Å².